The fourth-order valence-electron chi connectivity index (χ4n) is 1.04. The van der Waals surface area contributed by atoms with Gasteiger partial charge >= 0.3 is 0 Å². The van der Waals surface area contributed by atoms with Gasteiger partial charge in [0.25, 0.3) is 0 Å². The van der Waals surface area contributed by atoms with Crippen molar-refractivity contribution in [1.82, 2.24) is 0 Å². The zero-order valence-electron chi connectivity index (χ0n) is 7.26. The number of methoxy groups -OCH3 is 1. The van der Waals surface area contributed by atoms with Crippen LogP contribution in [0.1, 0.15) is 5.56 Å². The predicted octanol–water partition coefficient (Wildman–Crippen LogP) is 3.76. The van der Waals surface area contributed by atoms with Gasteiger partial charge in [-0.05, 0) is 6.07 Å². The van der Waals surface area contributed by atoms with Gasteiger partial charge < -0.3 is 4.74 Å². The average Bonchev–Trinajstić information content (AvgIpc) is 2.15. The Bertz CT molecular complexity index is 310. The molecule has 1 rings (SSSR count). The number of alkyl halides is 1. The van der Waals surface area contributed by atoms with Crippen molar-refractivity contribution in [1.29, 1.82) is 0 Å². The molecule has 0 radical (unpaired) electrons. The molecule has 3 heteroatoms. The van der Waals surface area contributed by atoms with Gasteiger partial charge in [-0.3, -0.25) is 0 Å². The Balaban J connectivity index is 3.05. The first-order valence-corrected chi connectivity index (χ1v) is 5.34. The monoisotopic (exact) mass is 260 g/mol. The quantitative estimate of drug-likeness (QED) is 0.753. The van der Waals surface area contributed by atoms with Crippen molar-refractivity contribution >= 4 is 33.6 Å². The van der Waals surface area contributed by atoms with Crippen molar-refractivity contribution in [3.8, 4) is 5.75 Å². The minimum absolute atomic E-state index is 0.638. The Labute approximate surface area is 91.5 Å². The van der Waals surface area contributed by atoms with Crippen molar-refractivity contribution < 1.29 is 4.74 Å². The lowest BCUT2D eigenvalue weighted by Crippen LogP contribution is -1.87. The average molecular weight is 262 g/mol. The number of hydrogen-bond donors (Lipinski definition) is 0. The van der Waals surface area contributed by atoms with Gasteiger partial charge in [-0.2, -0.15) is 0 Å². The molecule has 1 nitrogen and oxygen atoms in total. The van der Waals surface area contributed by atoms with E-state index in [1.54, 1.807) is 7.11 Å². The molecule has 0 fully saturated rings. The van der Waals surface area contributed by atoms with Crippen LogP contribution >= 0.6 is 27.5 Å². The molecule has 0 atom stereocenters. The van der Waals surface area contributed by atoms with Crippen LogP contribution in [0.4, 0.5) is 0 Å². The SMILES string of the molecule is COc1c(Cl)cccc1C=CCBr. The summed E-state index contributed by atoms with van der Waals surface area (Å²) in [5.74, 6) is 0.723. The van der Waals surface area contributed by atoms with E-state index in [0.717, 1.165) is 16.6 Å². The third-order valence-corrected chi connectivity index (χ3v) is 2.26. The number of halogens is 2. The maximum Gasteiger partial charge on any atom is 0.144 e. The van der Waals surface area contributed by atoms with Crippen LogP contribution < -0.4 is 4.74 Å². The van der Waals surface area contributed by atoms with Gasteiger partial charge in [0.05, 0.1) is 12.1 Å². The summed E-state index contributed by atoms with van der Waals surface area (Å²) in [4.78, 5) is 0. The summed E-state index contributed by atoms with van der Waals surface area (Å²) < 4.78 is 5.17. The van der Waals surface area contributed by atoms with Crippen LogP contribution in [0.3, 0.4) is 0 Å². The zero-order valence-corrected chi connectivity index (χ0v) is 9.60. The Morgan fingerprint density at radius 2 is 2.31 bits per heavy atom. The van der Waals surface area contributed by atoms with Gasteiger partial charge in [0.2, 0.25) is 0 Å². The maximum atomic E-state index is 5.94. The lowest BCUT2D eigenvalue weighted by molar-refractivity contribution is 0.414. The number of ether oxygens (including phenoxy) is 1. The van der Waals surface area contributed by atoms with E-state index in [2.05, 4.69) is 15.9 Å². The van der Waals surface area contributed by atoms with Crippen molar-refractivity contribution in [2.24, 2.45) is 0 Å². The summed E-state index contributed by atoms with van der Waals surface area (Å²) in [5.41, 5.74) is 0.995. The van der Waals surface area contributed by atoms with Crippen molar-refractivity contribution in [3.05, 3.63) is 34.9 Å². The Kier molecular flexibility index (Phi) is 4.33. The van der Waals surface area contributed by atoms with Crippen LogP contribution in [0.15, 0.2) is 24.3 Å². The Morgan fingerprint density at radius 3 is 2.92 bits per heavy atom. The molecule has 0 spiro atoms. The van der Waals surface area contributed by atoms with Crippen molar-refractivity contribution in [3.63, 3.8) is 0 Å². The van der Waals surface area contributed by atoms with E-state index in [1.165, 1.54) is 0 Å². The lowest BCUT2D eigenvalue weighted by atomic mass is 10.2. The van der Waals surface area contributed by atoms with E-state index in [-0.39, 0.29) is 0 Å². The predicted molar refractivity (Wildman–Crippen MR) is 60.8 cm³/mol. The standard InChI is InChI=1S/C10H10BrClO/c1-13-10-8(5-3-7-11)4-2-6-9(10)12/h2-6H,7H2,1H3. The maximum absolute atomic E-state index is 5.94. The van der Waals surface area contributed by atoms with Gasteiger partial charge in [0.15, 0.2) is 0 Å². The third kappa shape index (κ3) is 2.75. The van der Waals surface area contributed by atoms with Crippen LogP contribution in [-0.2, 0) is 0 Å². The number of para-hydroxylation sites is 1. The lowest BCUT2D eigenvalue weighted by Gasteiger charge is -2.05. The fourth-order valence-corrected chi connectivity index (χ4v) is 1.49. The summed E-state index contributed by atoms with van der Waals surface area (Å²) in [5, 5.41) is 1.46. The van der Waals surface area contributed by atoms with Crippen LogP contribution in [0.25, 0.3) is 6.08 Å². The van der Waals surface area contributed by atoms with E-state index >= 15 is 0 Å². The fraction of sp³-hybridized carbons (Fsp3) is 0.200. The van der Waals surface area contributed by atoms with E-state index in [9.17, 15) is 0 Å². The number of benzene rings is 1. The van der Waals surface area contributed by atoms with Gasteiger partial charge in [-0.1, -0.05) is 51.8 Å². The van der Waals surface area contributed by atoms with Gasteiger partial charge in [0.1, 0.15) is 5.75 Å². The highest BCUT2D eigenvalue weighted by Gasteiger charge is 2.02. The van der Waals surface area contributed by atoms with E-state index in [1.807, 2.05) is 30.4 Å². The highest BCUT2D eigenvalue weighted by molar-refractivity contribution is 9.09. The Hall–Kier alpha value is -0.470. The molecule has 0 amide bonds. The summed E-state index contributed by atoms with van der Waals surface area (Å²) >= 11 is 9.25. The molecule has 0 aromatic heterocycles. The summed E-state index contributed by atoms with van der Waals surface area (Å²) in [6.45, 7) is 0. The summed E-state index contributed by atoms with van der Waals surface area (Å²) in [6, 6.07) is 5.68. The highest BCUT2D eigenvalue weighted by Crippen LogP contribution is 2.28. The van der Waals surface area contributed by atoms with Crippen LogP contribution in [-0.4, -0.2) is 12.4 Å². The molecule has 0 unspecified atom stereocenters. The molecule has 1 aromatic rings. The molecule has 0 saturated carbocycles. The van der Waals surface area contributed by atoms with Gasteiger partial charge in [0, 0.05) is 10.9 Å². The first kappa shape index (κ1) is 10.6. The van der Waals surface area contributed by atoms with E-state index in [0.29, 0.717) is 5.02 Å². The minimum atomic E-state index is 0.638. The van der Waals surface area contributed by atoms with E-state index < -0.39 is 0 Å². The smallest absolute Gasteiger partial charge is 0.144 e. The molecule has 0 aliphatic heterocycles. The molecular weight excluding hydrogens is 251 g/mol. The first-order valence-electron chi connectivity index (χ1n) is 3.84. The molecule has 1 aromatic carbocycles. The first-order chi connectivity index (χ1) is 6.29. The molecular formula is C10H10BrClO. The molecule has 70 valence electrons. The van der Waals surface area contributed by atoms with Crippen molar-refractivity contribution in [2.75, 3.05) is 12.4 Å². The molecule has 0 N–H and O–H groups in total. The largest absolute Gasteiger partial charge is 0.495 e. The van der Waals surface area contributed by atoms with E-state index in [4.69, 9.17) is 16.3 Å². The number of hydrogen-bond acceptors (Lipinski definition) is 1. The summed E-state index contributed by atoms with van der Waals surface area (Å²) in [7, 11) is 1.62. The zero-order chi connectivity index (χ0) is 9.68. The number of allylic oxidation sites excluding steroid dienone is 1. The van der Waals surface area contributed by atoms with Crippen LogP contribution in [0.5, 0.6) is 5.75 Å². The van der Waals surface area contributed by atoms with Crippen LogP contribution in [0.2, 0.25) is 5.02 Å². The second-order valence-electron chi connectivity index (χ2n) is 2.42. The minimum Gasteiger partial charge on any atom is -0.495 e. The molecule has 0 aliphatic carbocycles. The highest BCUT2D eigenvalue weighted by atomic mass is 79.9. The normalized spacial score (nSPS) is 10.7. The molecule has 0 heterocycles. The molecule has 0 aliphatic rings. The third-order valence-electron chi connectivity index (χ3n) is 1.59. The molecule has 13 heavy (non-hydrogen) atoms. The Morgan fingerprint density at radius 1 is 1.54 bits per heavy atom. The van der Waals surface area contributed by atoms with Crippen LogP contribution in [0, 0.1) is 0 Å². The van der Waals surface area contributed by atoms with Gasteiger partial charge in [-0.25, -0.2) is 0 Å². The summed E-state index contributed by atoms with van der Waals surface area (Å²) in [6.07, 6.45) is 3.97. The molecule has 0 bridgehead atoms. The second kappa shape index (κ2) is 5.30. The second-order valence-corrected chi connectivity index (χ2v) is 3.47. The van der Waals surface area contributed by atoms with Gasteiger partial charge in [-0.15, -0.1) is 0 Å². The topological polar surface area (TPSA) is 9.23 Å². The molecule has 0 saturated heterocycles. The van der Waals surface area contributed by atoms with Crippen molar-refractivity contribution in [2.45, 2.75) is 0 Å². The number of rotatable bonds is 3.